The van der Waals surface area contributed by atoms with Gasteiger partial charge >= 0.3 is 0 Å². The quantitative estimate of drug-likeness (QED) is 0.360. The number of hydrogen-bond acceptors (Lipinski definition) is 6. The Bertz CT molecular complexity index is 575. The minimum atomic E-state index is -0.773. The van der Waals surface area contributed by atoms with Gasteiger partial charge in [-0.05, 0) is 31.7 Å². The molecule has 0 unspecified atom stereocenters. The number of hydrogen-bond donors (Lipinski definition) is 3. The van der Waals surface area contributed by atoms with E-state index in [-0.39, 0.29) is 12.5 Å². The van der Waals surface area contributed by atoms with Gasteiger partial charge in [-0.15, -0.1) is 0 Å². The maximum absolute atomic E-state index is 12.6. The minimum Gasteiger partial charge on any atom is -0.286 e. The van der Waals surface area contributed by atoms with Crippen molar-refractivity contribution in [2.24, 2.45) is 11.3 Å². The van der Waals surface area contributed by atoms with Gasteiger partial charge in [-0.25, -0.2) is 15.0 Å². The van der Waals surface area contributed by atoms with Gasteiger partial charge in [0.05, 0.1) is 12.0 Å². The lowest BCUT2D eigenvalue weighted by Gasteiger charge is -2.47. The third kappa shape index (κ3) is 4.41. The van der Waals surface area contributed by atoms with Crippen LogP contribution in [0.5, 0.6) is 0 Å². The number of nitrogens with one attached hydrogen (secondary N) is 2. The molecule has 0 aliphatic heterocycles. The summed E-state index contributed by atoms with van der Waals surface area (Å²) in [6.07, 6.45) is 6.52. The van der Waals surface area contributed by atoms with Gasteiger partial charge in [-0.1, -0.05) is 26.2 Å². The highest BCUT2D eigenvalue weighted by atomic mass is 16.5. The predicted molar refractivity (Wildman–Crippen MR) is 87.8 cm³/mol. The fourth-order valence-electron chi connectivity index (χ4n) is 3.23. The minimum absolute atomic E-state index is 0.0126. The Morgan fingerprint density at radius 2 is 2.29 bits per heavy atom. The Morgan fingerprint density at radius 1 is 1.54 bits per heavy atom. The predicted octanol–water partition coefficient (Wildman–Crippen LogP) is 1.66. The normalized spacial score (nSPS) is 22.4. The number of anilines is 1. The van der Waals surface area contributed by atoms with Crippen LogP contribution in [0.15, 0.2) is 12.3 Å². The van der Waals surface area contributed by atoms with Crippen LogP contribution in [0.1, 0.15) is 44.7 Å². The van der Waals surface area contributed by atoms with Crippen molar-refractivity contribution in [3.8, 4) is 0 Å². The summed E-state index contributed by atoms with van der Waals surface area (Å²) in [5.41, 5.74) is 5.31. The van der Waals surface area contributed by atoms with Gasteiger partial charge in [-0.3, -0.25) is 25.6 Å². The second-order valence-electron chi connectivity index (χ2n) is 6.50. The molecule has 1 fully saturated rings. The summed E-state index contributed by atoms with van der Waals surface area (Å²) in [4.78, 5) is 31.5. The lowest BCUT2D eigenvalue weighted by atomic mass is 9.60. The summed E-state index contributed by atoms with van der Waals surface area (Å²) in [5, 5.41) is 10.1. The topological polar surface area (TPSA) is 107 Å². The number of hydrazine groups is 1. The SMILES string of the molecule is CCCCC1CC(CN(O)C=O)(C(=O)NNc2nccc(C)n2)C1. The zero-order valence-corrected chi connectivity index (χ0v) is 14.2. The van der Waals surface area contributed by atoms with Crippen molar-refractivity contribution in [3.05, 3.63) is 18.0 Å². The van der Waals surface area contributed by atoms with E-state index in [9.17, 15) is 14.8 Å². The maximum atomic E-state index is 12.6. The van der Waals surface area contributed by atoms with E-state index in [0.29, 0.717) is 36.2 Å². The van der Waals surface area contributed by atoms with Crippen molar-refractivity contribution in [2.45, 2.75) is 46.0 Å². The zero-order chi connectivity index (χ0) is 17.6. The largest absolute Gasteiger partial charge is 0.286 e. The summed E-state index contributed by atoms with van der Waals surface area (Å²) in [7, 11) is 0. The first-order valence-corrected chi connectivity index (χ1v) is 8.26. The first-order chi connectivity index (χ1) is 11.5. The number of carbonyl (C=O) groups is 2. The van der Waals surface area contributed by atoms with Crippen LogP contribution in [0.25, 0.3) is 0 Å². The van der Waals surface area contributed by atoms with Crippen LogP contribution in [0.4, 0.5) is 5.95 Å². The van der Waals surface area contributed by atoms with Crippen LogP contribution in [-0.4, -0.2) is 39.1 Å². The van der Waals surface area contributed by atoms with E-state index in [1.807, 2.05) is 6.92 Å². The van der Waals surface area contributed by atoms with Gasteiger partial charge in [0.1, 0.15) is 0 Å². The van der Waals surface area contributed by atoms with Gasteiger partial charge < -0.3 is 0 Å². The Hall–Kier alpha value is -2.22. The number of hydroxylamine groups is 2. The van der Waals surface area contributed by atoms with Crippen LogP contribution in [0.3, 0.4) is 0 Å². The molecule has 0 spiro atoms. The summed E-state index contributed by atoms with van der Waals surface area (Å²) < 4.78 is 0. The first-order valence-electron chi connectivity index (χ1n) is 8.26. The van der Waals surface area contributed by atoms with E-state index in [0.717, 1.165) is 25.0 Å². The van der Waals surface area contributed by atoms with Crippen molar-refractivity contribution in [1.82, 2.24) is 20.5 Å². The van der Waals surface area contributed by atoms with Crippen LogP contribution in [0, 0.1) is 18.3 Å². The molecule has 1 aromatic heterocycles. The molecule has 0 atom stereocenters. The molecule has 0 aromatic carbocycles. The Kier molecular flexibility index (Phi) is 6.08. The average Bonchev–Trinajstić information content (AvgIpc) is 2.54. The highest BCUT2D eigenvalue weighted by molar-refractivity contribution is 5.85. The maximum Gasteiger partial charge on any atom is 0.246 e. The second kappa shape index (κ2) is 8.05. The molecule has 132 valence electrons. The molecular formula is C16H25N5O3. The van der Waals surface area contributed by atoms with Gasteiger partial charge in [0.15, 0.2) is 0 Å². The standard InChI is InChI=1S/C16H25N5O3/c1-3-4-5-13-8-16(9-13,10-21(24)11-22)14(23)19-20-15-17-7-6-12(2)18-15/h6-7,11,13,24H,3-5,8-10H2,1-2H3,(H,19,23)(H,17,18,20). The molecule has 8 nitrogen and oxygen atoms in total. The summed E-state index contributed by atoms with van der Waals surface area (Å²) >= 11 is 0. The van der Waals surface area contributed by atoms with E-state index in [1.54, 1.807) is 12.3 Å². The fourth-order valence-corrected chi connectivity index (χ4v) is 3.23. The van der Waals surface area contributed by atoms with Crippen LogP contribution < -0.4 is 10.9 Å². The van der Waals surface area contributed by atoms with Crippen LogP contribution >= 0.6 is 0 Å². The molecule has 0 radical (unpaired) electrons. The summed E-state index contributed by atoms with van der Waals surface area (Å²) in [5.74, 6) is 0.490. The van der Waals surface area contributed by atoms with Gasteiger partial charge in [0.25, 0.3) is 0 Å². The average molecular weight is 335 g/mol. The highest BCUT2D eigenvalue weighted by Gasteiger charge is 2.50. The van der Waals surface area contributed by atoms with E-state index < -0.39 is 5.41 Å². The van der Waals surface area contributed by atoms with Crippen molar-refractivity contribution in [2.75, 3.05) is 12.0 Å². The fraction of sp³-hybridized carbons (Fsp3) is 0.625. The molecule has 1 saturated carbocycles. The van der Waals surface area contributed by atoms with E-state index in [1.165, 1.54) is 0 Å². The molecular weight excluding hydrogens is 310 g/mol. The first kappa shape index (κ1) is 18.1. The molecule has 3 N–H and O–H groups in total. The summed E-state index contributed by atoms with van der Waals surface area (Å²) in [6, 6.07) is 1.76. The van der Waals surface area contributed by atoms with E-state index in [4.69, 9.17) is 0 Å². The van der Waals surface area contributed by atoms with Crippen molar-refractivity contribution < 1.29 is 14.8 Å². The molecule has 0 saturated heterocycles. The third-order valence-electron chi connectivity index (χ3n) is 4.48. The highest BCUT2D eigenvalue weighted by Crippen LogP contribution is 2.48. The third-order valence-corrected chi connectivity index (χ3v) is 4.48. The van der Waals surface area contributed by atoms with Crippen molar-refractivity contribution in [1.29, 1.82) is 0 Å². The number of nitrogens with zero attached hydrogens (tertiary/aromatic N) is 3. The number of amides is 2. The lowest BCUT2D eigenvalue weighted by Crippen LogP contribution is -2.56. The molecule has 1 aromatic rings. The molecule has 2 rings (SSSR count). The Balaban J connectivity index is 1.96. The second-order valence-corrected chi connectivity index (χ2v) is 6.50. The number of aromatic nitrogens is 2. The number of rotatable bonds is 9. The van der Waals surface area contributed by atoms with E-state index in [2.05, 4.69) is 27.7 Å². The van der Waals surface area contributed by atoms with E-state index >= 15 is 0 Å². The van der Waals surface area contributed by atoms with Crippen molar-refractivity contribution in [3.63, 3.8) is 0 Å². The Labute approximate surface area is 141 Å². The smallest absolute Gasteiger partial charge is 0.246 e. The molecule has 1 aliphatic rings. The Morgan fingerprint density at radius 3 is 2.92 bits per heavy atom. The van der Waals surface area contributed by atoms with Gasteiger partial charge in [0, 0.05) is 11.9 Å². The number of unbranched alkanes of at least 4 members (excludes halogenated alkanes) is 1. The van der Waals surface area contributed by atoms with Gasteiger partial charge in [-0.2, -0.15) is 0 Å². The monoisotopic (exact) mass is 335 g/mol. The molecule has 1 aliphatic carbocycles. The number of aryl methyl sites for hydroxylation is 1. The van der Waals surface area contributed by atoms with Crippen molar-refractivity contribution >= 4 is 18.3 Å². The lowest BCUT2D eigenvalue weighted by molar-refractivity contribution is -0.170. The molecule has 1 heterocycles. The molecule has 24 heavy (non-hydrogen) atoms. The summed E-state index contributed by atoms with van der Waals surface area (Å²) in [6.45, 7) is 3.95. The molecule has 8 heteroatoms. The zero-order valence-electron chi connectivity index (χ0n) is 14.2. The number of carbonyl (C=O) groups excluding carboxylic acids is 2. The van der Waals surface area contributed by atoms with Crippen LogP contribution in [0.2, 0.25) is 0 Å². The molecule has 2 amide bonds. The van der Waals surface area contributed by atoms with Gasteiger partial charge in [0.2, 0.25) is 18.3 Å². The van der Waals surface area contributed by atoms with Crippen LogP contribution in [-0.2, 0) is 9.59 Å². The molecule has 0 bridgehead atoms.